The smallest absolute Gasteiger partial charge is 0.0730 e. The number of para-hydroxylation sites is 2. The fourth-order valence-corrected chi connectivity index (χ4v) is 3.19. The van der Waals surface area contributed by atoms with E-state index in [-0.39, 0.29) is 0 Å². The van der Waals surface area contributed by atoms with Gasteiger partial charge < -0.3 is 9.80 Å². The lowest BCUT2D eigenvalue weighted by atomic mass is 10.1. The van der Waals surface area contributed by atoms with Gasteiger partial charge in [-0.05, 0) is 19.2 Å². The third-order valence-electron chi connectivity index (χ3n) is 4.38. The van der Waals surface area contributed by atoms with Gasteiger partial charge in [0.25, 0.3) is 0 Å². The maximum absolute atomic E-state index is 4.81. The van der Waals surface area contributed by atoms with Crippen molar-refractivity contribution in [1.82, 2.24) is 9.88 Å². The Morgan fingerprint density at radius 2 is 1.29 bits per heavy atom. The largest absolute Gasteiger partial charge is 0.368 e. The maximum atomic E-state index is 4.81. The molecule has 0 N–H and O–H groups in total. The highest BCUT2D eigenvalue weighted by molar-refractivity contribution is 6.07. The van der Waals surface area contributed by atoms with E-state index in [2.05, 4.69) is 65.4 Å². The van der Waals surface area contributed by atoms with E-state index in [4.69, 9.17) is 4.98 Å². The summed E-state index contributed by atoms with van der Waals surface area (Å²) in [6, 6.07) is 17.0. The fraction of sp³-hybridized carbons (Fsp3) is 0.278. The van der Waals surface area contributed by atoms with Crippen LogP contribution in [0, 0.1) is 0 Å². The van der Waals surface area contributed by atoms with Crippen molar-refractivity contribution in [3.63, 3.8) is 0 Å². The van der Waals surface area contributed by atoms with Gasteiger partial charge in [0.2, 0.25) is 0 Å². The molecule has 0 spiro atoms. The second kappa shape index (κ2) is 5.01. The van der Waals surface area contributed by atoms with Crippen LogP contribution in [0.5, 0.6) is 0 Å². The zero-order valence-corrected chi connectivity index (χ0v) is 12.3. The van der Waals surface area contributed by atoms with Crippen LogP contribution in [-0.2, 0) is 0 Å². The first-order chi connectivity index (χ1) is 10.3. The molecule has 0 saturated carbocycles. The molecule has 1 saturated heterocycles. The lowest BCUT2D eigenvalue weighted by Crippen LogP contribution is -2.44. The van der Waals surface area contributed by atoms with Crippen LogP contribution in [0.4, 0.5) is 5.69 Å². The molecule has 1 aliphatic rings. The monoisotopic (exact) mass is 277 g/mol. The highest BCUT2D eigenvalue weighted by Crippen LogP contribution is 2.34. The second-order valence-corrected chi connectivity index (χ2v) is 5.79. The van der Waals surface area contributed by atoms with Crippen LogP contribution >= 0.6 is 0 Å². The number of anilines is 1. The average Bonchev–Trinajstić information content (AvgIpc) is 2.53. The van der Waals surface area contributed by atoms with Crippen molar-refractivity contribution in [2.45, 2.75) is 0 Å². The first kappa shape index (κ1) is 12.6. The molecule has 1 aromatic heterocycles. The Morgan fingerprint density at radius 1 is 0.762 bits per heavy atom. The number of hydrogen-bond acceptors (Lipinski definition) is 3. The van der Waals surface area contributed by atoms with Crippen molar-refractivity contribution in [2.75, 3.05) is 38.1 Å². The molecule has 4 rings (SSSR count). The fourth-order valence-electron chi connectivity index (χ4n) is 3.19. The minimum Gasteiger partial charge on any atom is -0.368 e. The van der Waals surface area contributed by atoms with Gasteiger partial charge in [0.15, 0.2) is 0 Å². The predicted molar refractivity (Wildman–Crippen MR) is 89.0 cm³/mol. The summed E-state index contributed by atoms with van der Waals surface area (Å²) in [6.45, 7) is 4.39. The Kier molecular flexibility index (Phi) is 3.00. The Labute approximate surface area is 124 Å². The quantitative estimate of drug-likeness (QED) is 0.637. The van der Waals surface area contributed by atoms with Crippen LogP contribution < -0.4 is 4.90 Å². The molecule has 0 radical (unpaired) electrons. The number of nitrogens with zero attached hydrogens (tertiary/aromatic N) is 3. The Balaban J connectivity index is 1.98. The summed E-state index contributed by atoms with van der Waals surface area (Å²) >= 11 is 0. The van der Waals surface area contributed by atoms with Gasteiger partial charge in [-0.3, -0.25) is 0 Å². The van der Waals surface area contributed by atoms with Crippen molar-refractivity contribution >= 4 is 27.5 Å². The van der Waals surface area contributed by atoms with Crippen LogP contribution in [0.15, 0.2) is 48.5 Å². The van der Waals surface area contributed by atoms with Crippen molar-refractivity contribution in [1.29, 1.82) is 0 Å². The predicted octanol–water partition coefficient (Wildman–Crippen LogP) is 3.14. The molecule has 0 aliphatic carbocycles. The summed E-state index contributed by atoms with van der Waals surface area (Å²) in [7, 11) is 2.19. The number of fused-ring (bicyclic) bond motifs is 2. The molecule has 0 unspecified atom stereocenters. The van der Waals surface area contributed by atoms with Crippen LogP contribution in [0.1, 0.15) is 0 Å². The number of hydrogen-bond donors (Lipinski definition) is 0. The maximum Gasteiger partial charge on any atom is 0.0730 e. The minimum absolute atomic E-state index is 1.08. The van der Waals surface area contributed by atoms with Gasteiger partial charge in [-0.1, -0.05) is 36.4 Å². The Hall–Kier alpha value is -2.13. The number of piperazine rings is 1. The number of rotatable bonds is 1. The van der Waals surface area contributed by atoms with E-state index in [1.165, 1.54) is 16.5 Å². The van der Waals surface area contributed by atoms with E-state index in [9.17, 15) is 0 Å². The Morgan fingerprint density at radius 3 is 1.86 bits per heavy atom. The second-order valence-electron chi connectivity index (χ2n) is 5.79. The summed E-state index contributed by atoms with van der Waals surface area (Å²) in [5.41, 5.74) is 3.53. The number of aromatic nitrogens is 1. The highest BCUT2D eigenvalue weighted by Gasteiger charge is 2.19. The molecular formula is C18H19N3. The summed E-state index contributed by atoms with van der Waals surface area (Å²) in [4.78, 5) is 9.72. The SMILES string of the molecule is CN1CCN(c2c3ccccc3nc3ccccc23)CC1. The first-order valence-corrected chi connectivity index (χ1v) is 7.54. The molecule has 0 bridgehead atoms. The Bertz CT molecular complexity index is 735. The lowest BCUT2D eigenvalue weighted by molar-refractivity contribution is 0.313. The molecule has 1 aliphatic heterocycles. The van der Waals surface area contributed by atoms with Gasteiger partial charge >= 0.3 is 0 Å². The van der Waals surface area contributed by atoms with E-state index in [1.54, 1.807) is 0 Å². The first-order valence-electron chi connectivity index (χ1n) is 7.54. The van der Waals surface area contributed by atoms with Crippen molar-refractivity contribution in [3.05, 3.63) is 48.5 Å². The van der Waals surface area contributed by atoms with Crippen molar-refractivity contribution < 1.29 is 0 Å². The van der Waals surface area contributed by atoms with E-state index >= 15 is 0 Å². The van der Waals surface area contributed by atoms with Crippen LogP contribution in [0.2, 0.25) is 0 Å². The molecule has 3 aromatic rings. The topological polar surface area (TPSA) is 19.4 Å². The van der Waals surface area contributed by atoms with Crippen LogP contribution in [0.25, 0.3) is 21.8 Å². The number of likely N-dealkylation sites (N-methyl/N-ethyl adjacent to an activating group) is 1. The normalized spacial score (nSPS) is 16.7. The van der Waals surface area contributed by atoms with Gasteiger partial charge in [0, 0.05) is 37.0 Å². The molecule has 0 amide bonds. The molecule has 2 heterocycles. The molecule has 3 nitrogen and oxygen atoms in total. The summed E-state index contributed by atoms with van der Waals surface area (Å²) in [5.74, 6) is 0. The standard InChI is InChI=1S/C18H19N3/c1-20-10-12-21(13-11-20)18-14-6-2-4-8-16(14)19-17-9-5-3-7-15(17)18/h2-9H,10-13H2,1H3. The molecule has 21 heavy (non-hydrogen) atoms. The third-order valence-corrected chi connectivity index (χ3v) is 4.38. The van der Waals surface area contributed by atoms with E-state index in [0.717, 1.165) is 37.2 Å². The van der Waals surface area contributed by atoms with Crippen molar-refractivity contribution in [3.8, 4) is 0 Å². The van der Waals surface area contributed by atoms with Gasteiger partial charge in [-0.15, -0.1) is 0 Å². The van der Waals surface area contributed by atoms with E-state index in [0.29, 0.717) is 0 Å². The lowest BCUT2D eigenvalue weighted by Gasteiger charge is -2.35. The molecule has 3 heteroatoms. The van der Waals surface area contributed by atoms with Gasteiger partial charge in [0.05, 0.1) is 16.7 Å². The third kappa shape index (κ3) is 2.14. The van der Waals surface area contributed by atoms with Crippen LogP contribution in [0.3, 0.4) is 0 Å². The minimum atomic E-state index is 1.08. The number of benzene rings is 2. The molecule has 2 aromatic carbocycles. The summed E-state index contributed by atoms with van der Waals surface area (Å²) in [6.07, 6.45) is 0. The molecule has 1 fully saturated rings. The van der Waals surface area contributed by atoms with Crippen LogP contribution in [-0.4, -0.2) is 43.1 Å². The number of pyridine rings is 1. The van der Waals surface area contributed by atoms with Gasteiger partial charge in [-0.25, -0.2) is 4.98 Å². The molecular weight excluding hydrogens is 258 g/mol. The summed E-state index contributed by atoms with van der Waals surface area (Å²) in [5, 5.41) is 2.53. The van der Waals surface area contributed by atoms with Gasteiger partial charge in [0.1, 0.15) is 0 Å². The molecule has 0 atom stereocenters. The summed E-state index contributed by atoms with van der Waals surface area (Å²) < 4.78 is 0. The van der Waals surface area contributed by atoms with E-state index in [1.807, 2.05) is 0 Å². The average molecular weight is 277 g/mol. The van der Waals surface area contributed by atoms with Gasteiger partial charge in [-0.2, -0.15) is 0 Å². The zero-order chi connectivity index (χ0) is 14.2. The van der Waals surface area contributed by atoms with Crippen molar-refractivity contribution in [2.24, 2.45) is 0 Å². The van der Waals surface area contributed by atoms with E-state index < -0.39 is 0 Å². The zero-order valence-electron chi connectivity index (χ0n) is 12.3. The highest BCUT2D eigenvalue weighted by atomic mass is 15.2. The molecule has 106 valence electrons.